The van der Waals surface area contributed by atoms with Crippen molar-refractivity contribution in [3.05, 3.63) is 52.5 Å². The maximum Gasteiger partial charge on any atom is 0.154 e. The van der Waals surface area contributed by atoms with Crippen LogP contribution in [-0.2, 0) is 13.0 Å². The quantitative estimate of drug-likeness (QED) is 0.913. The van der Waals surface area contributed by atoms with Crippen LogP contribution < -0.4 is 15.8 Å². The van der Waals surface area contributed by atoms with Gasteiger partial charge in [0.1, 0.15) is 5.75 Å². The second-order valence-electron chi connectivity index (χ2n) is 4.90. The summed E-state index contributed by atoms with van der Waals surface area (Å²) >= 11 is 6.14. The van der Waals surface area contributed by atoms with E-state index in [1.165, 1.54) is 5.56 Å². The van der Waals surface area contributed by atoms with Gasteiger partial charge >= 0.3 is 0 Å². The second kappa shape index (κ2) is 5.44. The lowest BCUT2D eigenvalue weighted by molar-refractivity contribution is 0.204. The Morgan fingerprint density at radius 2 is 2.15 bits per heavy atom. The Hall–Kier alpha value is -1.55. The molecule has 0 fully saturated rings. The van der Waals surface area contributed by atoms with Crippen LogP contribution in [0.2, 0.25) is 5.02 Å². The number of hydrogen-bond acceptors (Lipinski definition) is 3. The first-order chi connectivity index (χ1) is 9.72. The topological polar surface area (TPSA) is 47.3 Å². The van der Waals surface area contributed by atoms with Crippen LogP contribution in [0.4, 0.5) is 0 Å². The summed E-state index contributed by atoms with van der Waals surface area (Å²) in [5.41, 5.74) is 10.2. The number of ether oxygens (including phenoxy) is 1. The normalized spacial score (nSPS) is 16.9. The number of halogens is 1. The van der Waals surface area contributed by atoms with Crippen molar-refractivity contribution in [3.63, 3.8) is 0 Å². The zero-order chi connectivity index (χ0) is 14.1. The molecule has 1 aliphatic rings. The van der Waals surface area contributed by atoms with Crippen molar-refractivity contribution in [2.45, 2.75) is 19.2 Å². The van der Waals surface area contributed by atoms with Crippen molar-refractivity contribution in [2.24, 2.45) is 5.73 Å². The van der Waals surface area contributed by atoms with Crippen LogP contribution in [0.1, 0.15) is 11.1 Å². The first kappa shape index (κ1) is 13.4. The Kier molecular flexibility index (Phi) is 3.66. The molecule has 0 amide bonds. The fourth-order valence-corrected chi connectivity index (χ4v) is 2.79. The predicted molar refractivity (Wildman–Crippen MR) is 82.0 cm³/mol. The molecule has 1 unspecified atom stereocenters. The van der Waals surface area contributed by atoms with E-state index in [9.17, 15) is 0 Å². The first-order valence-corrected chi connectivity index (χ1v) is 7.05. The van der Waals surface area contributed by atoms with Crippen molar-refractivity contribution in [1.82, 2.24) is 5.32 Å². The van der Waals surface area contributed by atoms with Gasteiger partial charge in [0.2, 0.25) is 0 Å². The summed E-state index contributed by atoms with van der Waals surface area (Å²) in [5, 5.41) is 3.86. The van der Waals surface area contributed by atoms with Crippen molar-refractivity contribution in [3.8, 4) is 16.9 Å². The number of rotatable bonds is 3. The monoisotopic (exact) mass is 288 g/mol. The molecular formula is C16H17ClN2O. The molecular weight excluding hydrogens is 272 g/mol. The molecule has 0 radical (unpaired) electrons. The summed E-state index contributed by atoms with van der Waals surface area (Å²) in [5.74, 6) is 0.934. The van der Waals surface area contributed by atoms with E-state index in [1.54, 1.807) is 0 Å². The van der Waals surface area contributed by atoms with Crippen LogP contribution >= 0.6 is 11.6 Å². The van der Waals surface area contributed by atoms with Crippen molar-refractivity contribution < 1.29 is 4.74 Å². The van der Waals surface area contributed by atoms with E-state index in [2.05, 4.69) is 23.5 Å². The van der Waals surface area contributed by atoms with Gasteiger partial charge in [-0.25, -0.2) is 0 Å². The Morgan fingerprint density at radius 3 is 2.90 bits per heavy atom. The fraction of sp³-hybridized carbons (Fsp3) is 0.250. The lowest BCUT2D eigenvalue weighted by Crippen LogP contribution is -2.29. The number of nitrogens with two attached hydrogens (primary N) is 1. The summed E-state index contributed by atoms with van der Waals surface area (Å²) in [6, 6.07) is 12.0. The summed E-state index contributed by atoms with van der Waals surface area (Å²) in [6.07, 6.45) is 0.907. The van der Waals surface area contributed by atoms with Gasteiger partial charge in [-0.3, -0.25) is 5.32 Å². The number of para-hydroxylation sites is 1. The molecule has 20 heavy (non-hydrogen) atoms. The zero-order valence-electron chi connectivity index (χ0n) is 11.3. The molecule has 1 atom stereocenters. The maximum atomic E-state index is 6.14. The van der Waals surface area contributed by atoms with Crippen LogP contribution in [0.25, 0.3) is 11.1 Å². The molecule has 0 saturated heterocycles. The minimum atomic E-state index is 0.0339. The number of benzene rings is 2. The van der Waals surface area contributed by atoms with E-state index in [4.69, 9.17) is 22.1 Å². The minimum Gasteiger partial charge on any atom is -0.474 e. The van der Waals surface area contributed by atoms with Crippen LogP contribution in [-0.4, -0.2) is 13.3 Å². The molecule has 0 aliphatic carbocycles. The average molecular weight is 289 g/mol. The molecule has 3 rings (SSSR count). The van der Waals surface area contributed by atoms with Gasteiger partial charge in [-0.1, -0.05) is 35.9 Å². The van der Waals surface area contributed by atoms with Gasteiger partial charge in [0.15, 0.2) is 6.23 Å². The molecule has 0 spiro atoms. The number of hydrogen-bond donors (Lipinski definition) is 2. The van der Waals surface area contributed by atoms with Crippen LogP contribution in [0.15, 0.2) is 36.4 Å². The maximum absolute atomic E-state index is 6.14. The average Bonchev–Trinajstić information content (AvgIpc) is 2.90. The standard InChI is InChI=1S/C16H17ClN2O/c1-19-15-7-10-3-2-4-13(16(10)20-15)14-8-12(17)6-5-11(14)9-18/h2-6,8,15,19H,7,9,18H2,1H3. The van der Waals surface area contributed by atoms with Gasteiger partial charge in [-0.2, -0.15) is 0 Å². The van der Waals surface area contributed by atoms with E-state index in [-0.39, 0.29) is 6.23 Å². The third kappa shape index (κ3) is 2.29. The molecule has 0 bridgehead atoms. The number of nitrogens with one attached hydrogen (secondary N) is 1. The van der Waals surface area contributed by atoms with Gasteiger partial charge in [0, 0.05) is 23.6 Å². The first-order valence-electron chi connectivity index (χ1n) is 6.67. The van der Waals surface area contributed by atoms with Gasteiger partial charge in [-0.15, -0.1) is 0 Å². The van der Waals surface area contributed by atoms with E-state index in [1.807, 2.05) is 25.2 Å². The molecule has 3 nitrogen and oxygen atoms in total. The highest BCUT2D eigenvalue weighted by molar-refractivity contribution is 6.30. The van der Waals surface area contributed by atoms with Crippen molar-refractivity contribution in [2.75, 3.05) is 7.05 Å². The second-order valence-corrected chi connectivity index (χ2v) is 5.34. The van der Waals surface area contributed by atoms with Crippen molar-refractivity contribution in [1.29, 1.82) is 0 Å². The van der Waals surface area contributed by atoms with Crippen LogP contribution in [0.3, 0.4) is 0 Å². The van der Waals surface area contributed by atoms with Gasteiger partial charge in [0.25, 0.3) is 0 Å². The smallest absolute Gasteiger partial charge is 0.154 e. The van der Waals surface area contributed by atoms with E-state index < -0.39 is 0 Å². The Bertz CT molecular complexity index is 642. The third-order valence-corrected chi connectivity index (χ3v) is 3.90. The molecule has 104 valence electrons. The molecule has 0 aromatic heterocycles. The number of fused-ring (bicyclic) bond motifs is 1. The third-order valence-electron chi connectivity index (χ3n) is 3.67. The minimum absolute atomic E-state index is 0.0339. The molecule has 3 N–H and O–H groups in total. The van der Waals surface area contributed by atoms with E-state index >= 15 is 0 Å². The lowest BCUT2D eigenvalue weighted by Gasteiger charge is -2.14. The molecule has 2 aromatic carbocycles. The Morgan fingerprint density at radius 1 is 1.30 bits per heavy atom. The summed E-state index contributed by atoms with van der Waals surface area (Å²) < 4.78 is 5.99. The summed E-state index contributed by atoms with van der Waals surface area (Å²) in [7, 11) is 1.90. The molecule has 1 heterocycles. The zero-order valence-corrected chi connectivity index (χ0v) is 12.1. The van der Waals surface area contributed by atoms with Crippen LogP contribution in [0, 0.1) is 0 Å². The van der Waals surface area contributed by atoms with Crippen molar-refractivity contribution >= 4 is 11.6 Å². The highest BCUT2D eigenvalue weighted by atomic mass is 35.5. The van der Waals surface area contributed by atoms with E-state index in [0.29, 0.717) is 11.6 Å². The summed E-state index contributed by atoms with van der Waals surface area (Å²) in [4.78, 5) is 0. The molecule has 2 aromatic rings. The Labute approximate surface area is 123 Å². The van der Waals surface area contributed by atoms with Gasteiger partial charge in [-0.05, 0) is 35.9 Å². The number of likely N-dealkylation sites (N-methyl/N-ethyl adjacent to an activating group) is 1. The van der Waals surface area contributed by atoms with Gasteiger partial charge in [0.05, 0.1) is 0 Å². The summed E-state index contributed by atoms with van der Waals surface area (Å²) in [6.45, 7) is 0.478. The molecule has 0 saturated carbocycles. The SMILES string of the molecule is CNC1Cc2cccc(-c3cc(Cl)ccc3CN)c2O1. The lowest BCUT2D eigenvalue weighted by atomic mass is 9.97. The predicted octanol–water partition coefficient (Wildman–Crippen LogP) is 2.95. The van der Waals surface area contributed by atoms with E-state index in [0.717, 1.165) is 28.9 Å². The Balaban J connectivity index is 2.13. The molecule has 1 aliphatic heterocycles. The van der Waals surface area contributed by atoms with Gasteiger partial charge < -0.3 is 10.5 Å². The highest BCUT2D eigenvalue weighted by Crippen LogP contribution is 2.40. The largest absolute Gasteiger partial charge is 0.474 e. The highest BCUT2D eigenvalue weighted by Gasteiger charge is 2.25. The molecule has 4 heteroatoms. The van der Waals surface area contributed by atoms with Crippen LogP contribution in [0.5, 0.6) is 5.75 Å². The fourth-order valence-electron chi connectivity index (χ4n) is 2.62.